The Labute approximate surface area is 124 Å². The van der Waals surface area contributed by atoms with E-state index < -0.39 is 16.1 Å². The SMILES string of the molecule is NS(=O)(=O)c1ccc2c(c1)C(NC(=O)c1cnns1)CO2. The monoisotopic (exact) mass is 326 g/mol. The second-order valence-electron chi connectivity index (χ2n) is 4.36. The predicted molar refractivity (Wildman–Crippen MR) is 73.4 cm³/mol. The Morgan fingerprint density at radius 1 is 1.48 bits per heavy atom. The van der Waals surface area contributed by atoms with Crippen LogP contribution in [0.4, 0.5) is 0 Å². The summed E-state index contributed by atoms with van der Waals surface area (Å²) in [6, 6.07) is 3.85. The maximum atomic E-state index is 12.0. The summed E-state index contributed by atoms with van der Waals surface area (Å²) in [5.41, 5.74) is 0.576. The van der Waals surface area contributed by atoms with E-state index in [1.54, 1.807) is 0 Å². The van der Waals surface area contributed by atoms with Crippen LogP contribution in [0.15, 0.2) is 29.3 Å². The van der Waals surface area contributed by atoms with E-state index in [2.05, 4.69) is 14.9 Å². The van der Waals surface area contributed by atoms with Crippen LogP contribution in [-0.4, -0.2) is 30.5 Å². The van der Waals surface area contributed by atoms with Gasteiger partial charge in [-0.05, 0) is 29.7 Å². The minimum atomic E-state index is -3.81. The van der Waals surface area contributed by atoms with Crippen molar-refractivity contribution >= 4 is 27.5 Å². The van der Waals surface area contributed by atoms with Crippen molar-refractivity contribution < 1.29 is 17.9 Å². The lowest BCUT2D eigenvalue weighted by molar-refractivity contribution is 0.0934. The molecule has 1 aliphatic heterocycles. The summed E-state index contributed by atoms with van der Waals surface area (Å²) in [6.07, 6.45) is 1.36. The van der Waals surface area contributed by atoms with E-state index in [0.717, 1.165) is 11.5 Å². The second-order valence-corrected chi connectivity index (χ2v) is 6.71. The molecule has 1 aromatic carbocycles. The lowest BCUT2D eigenvalue weighted by atomic mass is 10.1. The Morgan fingerprint density at radius 2 is 2.29 bits per heavy atom. The van der Waals surface area contributed by atoms with Gasteiger partial charge in [-0.1, -0.05) is 4.49 Å². The molecule has 8 nitrogen and oxygen atoms in total. The highest BCUT2D eigenvalue weighted by molar-refractivity contribution is 7.89. The number of hydrogen-bond donors (Lipinski definition) is 2. The summed E-state index contributed by atoms with van der Waals surface area (Å²) in [4.78, 5) is 12.3. The van der Waals surface area contributed by atoms with Crippen LogP contribution in [0, 0.1) is 0 Å². The van der Waals surface area contributed by atoms with Gasteiger partial charge in [0.15, 0.2) is 0 Å². The first-order chi connectivity index (χ1) is 9.95. The smallest absolute Gasteiger partial charge is 0.265 e. The van der Waals surface area contributed by atoms with Gasteiger partial charge in [-0.3, -0.25) is 4.79 Å². The normalized spacial score (nSPS) is 17.1. The quantitative estimate of drug-likeness (QED) is 0.821. The molecule has 1 aliphatic rings. The standard InChI is InChI=1S/C11H10N4O4S2/c12-21(17,18)6-1-2-9-7(3-6)8(5-19-9)14-11(16)10-4-13-15-20-10/h1-4,8H,5H2,(H,14,16)(H2,12,17,18). The maximum absolute atomic E-state index is 12.0. The zero-order chi connectivity index (χ0) is 15.0. The van der Waals surface area contributed by atoms with Crippen LogP contribution in [0.5, 0.6) is 5.75 Å². The number of sulfonamides is 1. The molecule has 0 saturated heterocycles. The Balaban J connectivity index is 1.87. The van der Waals surface area contributed by atoms with Crippen molar-refractivity contribution in [3.63, 3.8) is 0 Å². The molecule has 2 heterocycles. The third-order valence-corrected chi connectivity index (χ3v) is 4.56. The second kappa shape index (κ2) is 5.06. The lowest BCUT2D eigenvalue weighted by Gasteiger charge is -2.11. The third kappa shape index (κ3) is 2.73. The molecule has 3 N–H and O–H groups in total. The number of rotatable bonds is 3. The van der Waals surface area contributed by atoms with E-state index in [0.29, 0.717) is 16.2 Å². The number of ether oxygens (including phenoxy) is 1. The number of nitrogens with zero attached hydrogens (tertiary/aromatic N) is 2. The fourth-order valence-corrected chi connectivity index (χ4v) is 2.95. The number of carbonyl (C=O) groups excluding carboxylic acids is 1. The number of nitrogens with two attached hydrogens (primary N) is 1. The fraction of sp³-hybridized carbons (Fsp3) is 0.182. The summed E-state index contributed by atoms with van der Waals surface area (Å²) < 4.78 is 31.8. The van der Waals surface area contributed by atoms with Gasteiger partial charge in [-0.2, -0.15) is 0 Å². The van der Waals surface area contributed by atoms with E-state index in [1.807, 2.05) is 0 Å². The molecule has 0 fully saturated rings. The van der Waals surface area contributed by atoms with Gasteiger partial charge < -0.3 is 10.1 Å². The Hall–Kier alpha value is -2.04. The van der Waals surface area contributed by atoms with Crippen LogP contribution in [0.2, 0.25) is 0 Å². The van der Waals surface area contributed by atoms with Gasteiger partial charge in [0.05, 0.1) is 17.1 Å². The highest BCUT2D eigenvalue weighted by atomic mass is 32.2. The molecule has 1 atom stereocenters. The third-order valence-electron chi connectivity index (χ3n) is 2.98. The average molecular weight is 326 g/mol. The van der Waals surface area contributed by atoms with Crippen LogP contribution in [0.3, 0.4) is 0 Å². The van der Waals surface area contributed by atoms with Gasteiger partial charge in [0.1, 0.15) is 17.2 Å². The van der Waals surface area contributed by atoms with Gasteiger partial charge in [-0.25, -0.2) is 13.6 Å². The first-order valence-electron chi connectivity index (χ1n) is 5.83. The highest BCUT2D eigenvalue weighted by Crippen LogP contribution is 2.34. The molecule has 1 unspecified atom stereocenters. The number of fused-ring (bicyclic) bond motifs is 1. The Morgan fingerprint density at radius 3 is 2.95 bits per heavy atom. The molecule has 10 heteroatoms. The molecule has 2 aromatic rings. The molecule has 1 amide bonds. The molecule has 0 aliphatic carbocycles. The summed E-state index contributed by atoms with van der Waals surface area (Å²) in [6.45, 7) is 0.224. The van der Waals surface area contributed by atoms with Gasteiger partial charge in [0, 0.05) is 5.56 Å². The highest BCUT2D eigenvalue weighted by Gasteiger charge is 2.28. The number of carbonyl (C=O) groups is 1. The minimum absolute atomic E-state index is 0.0227. The maximum Gasteiger partial charge on any atom is 0.265 e. The predicted octanol–water partition coefficient (Wildman–Crippen LogP) is 0.0490. The number of amides is 1. The average Bonchev–Trinajstić information content (AvgIpc) is 3.07. The van der Waals surface area contributed by atoms with Crippen LogP contribution >= 0.6 is 11.5 Å². The molecular weight excluding hydrogens is 316 g/mol. The van der Waals surface area contributed by atoms with Gasteiger partial charge in [-0.15, -0.1) is 5.10 Å². The summed E-state index contributed by atoms with van der Waals surface area (Å²) >= 11 is 0.973. The summed E-state index contributed by atoms with van der Waals surface area (Å²) in [5.74, 6) is 0.183. The molecule has 0 radical (unpaired) electrons. The first-order valence-corrected chi connectivity index (χ1v) is 8.15. The topological polar surface area (TPSA) is 124 Å². The molecule has 0 spiro atoms. The number of primary sulfonamides is 1. The van der Waals surface area contributed by atoms with E-state index in [4.69, 9.17) is 9.88 Å². The molecule has 1 aromatic heterocycles. The fourth-order valence-electron chi connectivity index (χ4n) is 1.99. The van der Waals surface area contributed by atoms with Crippen molar-refractivity contribution in [2.75, 3.05) is 6.61 Å². The zero-order valence-corrected chi connectivity index (χ0v) is 12.1. The van der Waals surface area contributed by atoms with E-state index in [-0.39, 0.29) is 17.4 Å². The minimum Gasteiger partial charge on any atom is -0.491 e. The molecule has 0 bridgehead atoms. The van der Waals surface area contributed by atoms with Gasteiger partial charge >= 0.3 is 0 Å². The van der Waals surface area contributed by atoms with Crippen LogP contribution in [0.1, 0.15) is 21.3 Å². The first kappa shape index (κ1) is 13.9. The Kier molecular flexibility index (Phi) is 3.35. The van der Waals surface area contributed by atoms with E-state index >= 15 is 0 Å². The van der Waals surface area contributed by atoms with E-state index in [9.17, 15) is 13.2 Å². The van der Waals surface area contributed by atoms with Crippen molar-refractivity contribution in [1.29, 1.82) is 0 Å². The summed E-state index contributed by atoms with van der Waals surface area (Å²) in [7, 11) is -3.81. The van der Waals surface area contributed by atoms with Crippen LogP contribution in [0.25, 0.3) is 0 Å². The van der Waals surface area contributed by atoms with Crippen molar-refractivity contribution in [2.24, 2.45) is 5.14 Å². The zero-order valence-electron chi connectivity index (χ0n) is 10.5. The molecule has 110 valence electrons. The molecular formula is C11H10N4O4S2. The van der Waals surface area contributed by atoms with Crippen molar-refractivity contribution in [2.45, 2.75) is 10.9 Å². The van der Waals surface area contributed by atoms with Crippen molar-refractivity contribution in [3.05, 3.63) is 34.8 Å². The molecule has 3 rings (SSSR count). The number of aromatic nitrogens is 2. The van der Waals surface area contributed by atoms with E-state index in [1.165, 1.54) is 24.4 Å². The van der Waals surface area contributed by atoms with Crippen LogP contribution in [-0.2, 0) is 10.0 Å². The van der Waals surface area contributed by atoms with Crippen molar-refractivity contribution in [3.8, 4) is 5.75 Å². The molecule has 21 heavy (non-hydrogen) atoms. The number of hydrogen-bond acceptors (Lipinski definition) is 7. The van der Waals surface area contributed by atoms with Crippen LogP contribution < -0.4 is 15.2 Å². The van der Waals surface area contributed by atoms with Crippen molar-refractivity contribution in [1.82, 2.24) is 14.9 Å². The Bertz CT molecular complexity index is 789. The molecule has 0 saturated carbocycles. The number of benzene rings is 1. The summed E-state index contributed by atoms with van der Waals surface area (Å²) in [5, 5.41) is 11.4. The van der Waals surface area contributed by atoms with Gasteiger partial charge in [0.25, 0.3) is 5.91 Å². The largest absolute Gasteiger partial charge is 0.491 e. The van der Waals surface area contributed by atoms with Gasteiger partial charge in [0.2, 0.25) is 10.0 Å². The lowest BCUT2D eigenvalue weighted by Crippen LogP contribution is -2.29. The number of nitrogens with one attached hydrogen (secondary N) is 1.